The van der Waals surface area contributed by atoms with E-state index in [1.807, 2.05) is 32.0 Å². The summed E-state index contributed by atoms with van der Waals surface area (Å²) in [7, 11) is 1.51. The maximum Gasteiger partial charge on any atom is 0.133 e. The molecule has 0 fully saturated rings. The van der Waals surface area contributed by atoms with Gasteiger partial charge in [-0.3, -0.25) is 0 Å². The van der Waals surface area contributed by atoms with E-state index in [0.29, 0.717) is 17.1 Å². The maximum absolute atomic E-state index is 13.9. The molecule has 2 N–H and O–H groups in total. The lowest BCUT2D eigenvalue weighted by molar-refractivity contribution is 0.294. The summed E-state index contributed by atoms with van der Waals surface area (Å²) in [6.07, 6.45) is 0. The molecular weight excluding hydrogens is 269 g/mol. The zero-order valence-corrected chi connectivity index (χ0v) is 12.5. The smallest absolute Gasteiger partial charge is 0.133 e. The van der Waals surface area contributed by atoms with Crippen molar-refractivity contribution in [2.45, 2.75) is 26.5 Å². The van der Waals surface area contributed by atoms with Gasteiger partial charge in [0.15, 0.2) is 0 Å². The van der Waals surface area contributed by atoms with Crippen LogP contribution in [-0.4, -0.2) is 7.11 Å². The molecule has 21 heavy (non-hydrogen) atoms. The first kappa shape index (κ1) is 15.3. The monoisotopic (exact) mass is 289 g/mol. The Labute approximate surface area is 124 Å². The number of aryl methyl sites for hydroxylation is 1. The molecule has 0 saturated carbocycles. The van der Waals surface area contributed by atoms with Crippen molar-refractivity contribution < 1.29 is 13.9 Å². The zero-order chi connectivity index (χ0) is 15.4. The highest BCUT2D eigenvalue weighted by Gasteiger charge is 2.10. The van der Waals surface area contributed by atoms with Crippen molar-refractivity contribution in [2.75, 3.05) is 7.11 Å². The second-order valence-electron chi connectivity index (χ2n) is 5.08. The summed E-state index contributed by atoms with van der Waals surface area (Å²) >= 11 is 0. The van der Waals surface area contributed by atoms with Crippen LogP contribution in [-0.2, 0) is 6.61 Å². The Bertz CT molecular complexity index is 626. The summed E-state index contributed by atoms with van der Waals surface area (Å²) in [4.78, 5) is 0. The Kier molecular flexibility index (Phi) is 4.81. The van der Waals surface area contributed by atoms with Crippen LogP contribution in [0.5, 0.6) is 11.5 Å². The fourth-order valence-electron chi connectivity index (χ4n) is 2.08. The molecule has 4 heteroatoms. The highest BCUT2D eigenvalue weighted by atomic mass is 19.1. The summed E-state index contributed by atoms with van der Waals surface area (Å²) < 4.78 is 24.6. The summed E-state index contributed by atoms with van der Waals surface area (Å²) in [6.45, 7) is 4.05. The van der Waals surface area contributed by atoms with E-state index in [2.05, 4.69) is 0 Å². The van der Waals surface area contributed by atoms with Crippen molar-refractivity contribution in [3.63, 3.8) is 0 Å². The quantitative estimate of drug-likeness (QED) is 0.912. The van der Waals surface area contributed by atoms with Crippen molar-refractivity contribution in [1.82, 2.24) is 0 Å². The highest BCUT2D eigenvalue weighted by molar-refractivity contribution is 5.39. The first-order valence-corrected chi connectivity index (χ1v) is 6.82. The molecule has 112 valence electrons. The van der Waals surface area contributed by atoms with Crippen LogP contribution in [0.15, 0.2) is 36.4 Å². The molecule has 0 saturated heterocycles. The molecule has 0 unspecified atom stereocenters. The van der Waals surface area contributed by atoms with E-state index in [9.17, 15) is 4.39 Å². The van der Waals surface area contributed by atoms with E-state index in [1.54, 1.807) is 12.1 Å². The van der Waals surface area contributed by atoms with Crippen LogP contribution < -0.4 is 15.2 Å². The zero-order valence-electron chi connectivity index (χ0n) is 12.5. The predicted molar refractivity (Wildman–Crippen MR) is 81.1 cm³/mol. The van der Waals surface area contributed by atoms with Crippen molar-refractivity contribution in [3.8, 4) is 11.5 Å². The van der Waals surface area contributed by atoms with Gasteiger partial charge in [-0.15, -0.1) is 0 Å². The molecule has 0 amide bonds. The van der Waals surface area contributed by atoms with Crippen molar-refractivity contribution in [1.29, 1.82) is 0 Å². The van der Waals surface area contributed by atoms with Gasteiger partial charge >= 0.3 is 0 Å². The van der Waals surface area contributed by atoms with Crippen LogP contribution in [0.4, 0.5) is 4.39 Å². The number of benzene rings is 2. The summed E-state index contributed by atoms with van der Waals surface area (Å²) in [6, 6.07) is 10.4. The van der Waals surface area contributed by atoms with E-state index in [4.69, 9.17) is 15.2 Å². The highest BCUT2D eigenvalue weighted by Crippen LogP contribution is 2.26. The lowest BCUT2D eigenvalue weighted by atomic mass is 10.1. The van der Waals surface area contributed by atoms with Crippen LogP contribution in [0.25, 0.3) is 0 Å². The molecule has 0 radical (unpaired) electrons. The number of ether oxygens (including phenoxy) is 2. The largest absolute Gasteiger partial charge is 0.497 e. The van der Waals surface area contributed by atoms with E-state index < -0.39 is 0 Å². The average Bonchev–Trinajstić information content (AvgIpc) is 2.46. The number of hydrogen-bond acceptors (Lipinski definition) is 3. The standard InChI is InChI=1S/C17H20FNO2/c1-11-4-7-17(15(8-11)12(2)19)21-10-13-5-6-14(20-3)9-16(13)18/h4-9,12H,10,19H2,1-3H3/t12-/m1/s1. The van der Waals surface area contributed by atoms with Crippen molar-refractivity contribution in [2.24, 2.45) is 5.73 Å². The van der Waals surface area contributed by atoms with Crippen LogP contribution in [0, 0.1) is 12.7 Å². The second-order valence-corrected chi connectivity index (χ2v) is 5.08. The second kappa shape index (κ2) is 6.59. The van der Waals surface area contributed by atoms with Gasteiger partial charge in [0.25, 0.3) is 0 Å². The third-order valence-corrected chi connectivity index (χ3v) is 3.30. The van der Waals surface area contributed by atoms with E-state index in [0.717, 1.165) is 11.1 Å². The molecular formula is C17H20FNO2. The van der Waals surface area contributed by atoms with Gasteiger partial charge < -0.3 is 15.2 Å². The van der Waals surface area contributed by atoms with Gasteiger partial charge in [-0.2, -0.15) is 0 Å². The molecule has 2 rings (SSSR count). The Morgan fingerprint density at radius 1 is 1.19 bits per heavy atom. The number of rotatable bonds is 5. The van der Waals surface area contributed by atoms with Gasteiger partial charge in [0.1, 0.15) is 23.9 Å². The van der Waals surface area contributed by atoms with Gasteiger partial charge in [-0.25, -0.2) is 4.39 Å². The van der Waals surface area contributed by atoms with Crippen LogP contribution in [0.1, 0.15) is 29.7 Å². The molecule has 0 aliphatic heterocycles. The van der Waals surface area contributed by atoms with Crippen molar-refractivity contribution >= 4 is 0 Å². The number of hydrogen-bond donors (Lipinski definition) is 1. The minimum Gasteiger partial charge on any atom is -0.497 e. The fourth-order valence-corrected chi connectivity index (χ4v) is 2.08. The lowest BCUT2D eigenvalue weighted by Gasteiger charge is -2.15. The third-order valence-electron chi connectivity index (χ3n) is 3.30. The average molecular weight is 289 g/mol. The van der Waals surface area contributed by atoms with E-state index in [-0.39, 0.29) is 18.5 Å². The Morgan fingerprint density at radius 3 is 2.57 bits per heavy atom. The van der Waals surface area contributed by atoms with Gasteiger partial charge in [0.2, 0.25) is 0 Å². The number of methoxy groups -OCH3 is 1. The van der Waals surface area contributed by atoms with Gasteiger partial charge in [0.05, 0.1) is 7.11 Å². The Hall–Kier alpha value is -2.07. The molecule has 0 aromatic heterocycles. The molecule has 1 atom stereocenters. The summed E-state index contributed by atoms with van der Waals surface area (Å²) in [5.41, 5.74) is 8.46. The van der Waals surface area contributed by atoms with E-state index >= 15 is 0 Å². The molecule has 2 aromatic rings. The molecule has 0 aliphatic carbocycles. The topological polar surface area (TPSA) is 44.5 Å². The normalized spacial score (nSPS) is 12.0. The Morgan fingerprint density at radius 2 is 1.95 bits per heavy atom. The Balaban J connectivity index is 2.16. The first-order chi connectivity index (χ1) is 10.0. The molecule has 0 heterocycles. The molecule has 0 aliphatic rings. The first-order valence-electron chi connectivity index (χ1n) is 6.82. The summed E-state index contributed by atoms with van der Waals surface area (Å²) in [5.74, 6) is 0.831. The molecule has 3 nitrogen and oxygen atoms in total. The van der Waals surface area contributed by atoms with Gasteiger partial charge in [0, 0.05) is 23.2 Å². The van der Waals surface area contributed by atoms with Crippen molar-refractivity contribution in [3.05, 3.63) is 58.9 Å². The van der Waals surface area contributed by atoms with Gasteiger partial charge in [-0.1, -0.05) is 17.7 Å². The third kappa shape index (κ3) is 3.73. The van der Waals surface area contributed by atoms with Gasteiger partial charge in [-0.05, 0) is 32.0 Å². The maximum atomic E-state index is 13.9. The van der Waals surface area contributed by atoms with Crippen LogP contribution in [0.2, 0.25) is 0 Å². The van der Waals surface area contributed by atoms with Crippen LogP contribution in [0.3, 0.4) is 0 Å². The molecule has 0 spiro atoms. The number of halogens is 1. The predicted octanol–water partition coefficient (Wildman–Crippen LogP) is 3.74. The minimum absolute atomic E-state index is 0.138. The number of nitrogens with two attached hydrogens (primary N) is 1. The van der Waals surface area contributed by atoms with E-state index in [1.165, 1.54) is 13.2 Å². The minimum atomic E-state index is -0.344. The molecule has 2 aromatic carbocycles. The summed E-state index contributed by atoms with van der Waals surface area (Å²) in [5, 5.41) is 0. The fraction of sp³-hybridized carbons (Fsp3) is 0.294. The molecule has 0 bridgehead atoms. The van der Waals surface area contributed by atoms with Crippen LogP contribution >= 0.6 is 0 Å². The lowest BCUT2D eigenvalue weighted by Crippen LogP contribution is -2.09. The SMILES string of the molecule is COc1ccc(COc2ccc(C)cc2[C@@H](C)N)c(F)c1.